The van der Waals surface area contributed by atoms with Crippen molar-refractivity contribution >= 4 is 32.7 Å². The highest BCUT2D eigenvalue weighted by atomic mass is 79.9. The SMILES string of the molecule is Cn1ccnc1C(NC(=O)c1c(Br)c2ccccc2n1C)c1ccccc1. The van der Waals surface area contributed by atoms with Gasteiger partial charge in [0.15, 0.2) is 0 Å². The van der Waals surface area contributed by atoms with Gasteiger partial charge < -0.3 is 14.5 Å². The quantitative estimate of drug-likeness (QED) is 0.535. The van der Waals surface area contributed by atoms with E-state index in [-0.39, 0.29) is 11.9 Å². The molecule has 5 nitrogen and oxygen atoms in total. The second-order valence-electron chi connectivity index (χ2n) is 6.45. The number of fused-ring (bicyclic) bond motifs is 1. The van der Waals surface area contributed by atoms with E-state index in [0.29, 0.717) is 5.69 Å². The molecule has 2 aromatic carbocycles. The van der Waals surface area contributed by atoms with Gasteiger partial charge in [0, 0.05) is 37.4 Å². The number of hydrogen-bond acceptors (Lipinski definition) is 2. The van der Waals surface area contributed by atoms with Crippen molar-refractivity contribution in [3.63, 3.8) is 0 Å². The first-order valence-corrected chi connectivity index (χ1v) is 9.43. The second-order valence-corrected chi connectivity index (χ2v) is 7.25. The molecule has 1 N–H and O–H groups in total. The number of nitrogens with zero attached hydrogens (tertiary/aromatic N) is 3. The predicted molar refractivity (Wildman–Crippen MR) is 110 cm³/mol. The third kappa shape index (κ3) is 3.06. The van der Waals surface area contributed by atoms with Crippen molar-refractivity contribution < 1.29 is 4.79 Å². The number of carbonyl (C=O) groups is 1. The van der Waals surface area contributed by atoms with Crippen molar-refractivity contribution in [1.29, 1.82) is 0 Å². The van der Waals surface area contributed by atoms with E-state index in [1.165, 1.54) is 0 Å². The Kier molecular flexibility index (Phi) is 4.58. The Morgan fingerprint density at radius 1 is 1.07 bits per heavy atom. The van der Waals surface area contributed by atoms with Crippen LogP contribution in [0.25, 0.3) is 10.9 Å². The number of nitrogens with one attached hydrogen (secondary N) is 1. The first-order chi connectivity index (χ1) is 13.1. The number of aryl methyl sites for hydroxylation is 2. The highest BCUT2D eigenvalue weighted by molar-refractivity contribution is 9.10. The van der Waals surface area contributed by atoms with Gasteiger partial charge in [0.2, 0.25) is 0 Å². The molecule has 0 aliphatic heterocycles. The van der Waals surface area contributed by atoms with E-state index in [2.05, 4.69) is 26.2 Å². The summed E-state index contributed by atoms with van der Waals surface area (Å²) in [6, 6.07) is 17.5. The molecule has 27 heavy (non-hydrogen) atoms. The van der Waals surface area contributed by atoms with Crippen LogP contribution in [0.2, 0.25) is 0 Å². The normalized spacial score (nSPS) is 12.3. The van der Waals surface area contributed by atoms with Crippen molar-refractivity contribution in [1.82, 2.24) is 19.4 Å². The molecule has 1 unspecified atom stereocenters. The minimum absolute atomic E-state index is 0.155. The third-order valence-corrected chi connectivity index (χ3v) is 5.59. The average molecular weight is 423 g/mol. The molecule has 0 spiro atoms. The van der Waals surface area contributed by atoms with Crippen molar-refractivity contribution in [2.24, 2.45) is 14.1 Å². The number of amides is 1. The first kappa shape index (κ1) is 17.5. The van der Waals surface area contributed by atoms with Crippen LogP contribution in [0.15, 0.2) is 71.5 Å². The summed E-state index contributed by atoms with van der Waals surface area (Å²) in [6.45, 7) is 0. The minimum atomic E-state index is -0.344. The van der Waals surface area contributed by atoms with Gasteiger partial charge in [-0.25, -0.2) is 4.98 Å². The zero-order chi connectivity index (χ0) is 19.0. The molecular weight excluding hydrogens is 404 g/mol. The van der Waals surface area contributed by atoms with Crippen LogP contribution in [0.3, 0.4) is 0 Å². The monoisotopic (exact) mass is 422 g/mol. The van der Waals surface area contributed by atoms with Gasteiger partial charge >= 0.3 is 0 Å². The van der Waals surface area contributed by atoms with Crippen LogP contribution in [-0.2, 0) is 14.1 Å². The molecule has 1 amide bonds. The molecule has 0 aliphatic rings. The molecule has 1 atom stereocenters. The number of rotatable bonds is 4. The Hall–Kier alpha value is -2.86. The number of carbonyl (C=O) groups excluding carboxylic acids is 1. The van der Waals surface area contributed by atoms with Gasteiger partial charge in [0.1, 0.15) is 17.6 Å². The number of hydrogen-bond donors (Lipinski definition) is 1. The van der Waals surface area contributed by atoms with E-state index in [1.807, 2.05) is 84.0 Å². The number of aromatic nitrogens is 3. The average Bonchev–Trinajstić information content (AvgIpc) is 3.22. The molecule has 4 rings (SSSR count). The fraction of sp³-hybridized carbons (Fsp3) is 0.143. The lowest BCUT2D eigenvalue weighted by Crippen LogP contribution is -2.32. The van der Waals surface area contributed by atoms with E-state index < -0.39 is 0 Å². The number of para-hydroxylation sites is 1. The number of imidazole rings is 1. The van der Waals surface area contributed by atoms with E-state index in [0.717, 1.165) is 26.8 Å². The summed E-state index contributed by atoms with van der Waals surface area (Å²) >= 11 is 3.61. The van der Waals surface area contributed by atoms with Gasteiger partial charge in [-0.1, -0.05) is 48.5 Å². The van der Waals surface area contributed by atoms with Gasteiger partial charge in [0.25, 0.3) is 5.91 Å². The first-order valence-electron chi connectivity index (χ1n) is 8.64. The van der Waals surface area contributed by atoms with Crippen LogP contribution in [0, 0.1) is 0 Å². The van der Waals surface area contributed by atoms with Crippen LogP contribution < -0.4 is 5.32 Å². The van der Waals surface area contributed by atoms with Gasteiger partial charge in [-0.15, -0.1) is 0 Å². The Morgan fingerprint density at radius 2 is 1.78 bits per heavy atom. The summed E-state index contributed by atoms with van der Waals surface area (Å²) < 4.78 is 4.63. The van der Waals surface area contributed by atoms with E-state index in [9.17, 15) is 4.79 Å². The summed E-state index contributed by atoms with van der Waals surface area (Å²) in [4.78, 5) is 17.7. The maximum Gasteiger partial charge on any atom is 0.269 e. The highest BCUT2D eigenvalue weighted by Crippen LogP contribution is 2.31. The van der Waals surface area contributed by atoms with Crippen LogP contribution in [-0.4, -0.2) is 20.0 Å². The standard InChI is InChI=1S/C21H19BrN4O/c1-25-13-12-23-20(25)18(14-8-4-3-5-9-14)24-21(27)19-17(22)15-10-6-7-11-16(15)26(19)2/h3-13,18H,1-2H3,(H,24,27). The van der Waals surface area contributed by atoms with Gasteiger partial charge in [-0.2, -0.15) is 0 Å². The molecule has 0 saturated carbocycles. The van der Waals surface area contributed by atoms with Crippen LogP contribution in [0.1, 0.15) is 27.9 Å². The molecule has 136 valence electrons. The molecule has 0 aliphatic carbocycles. The highest BCUT2D eigenvalue weighted by Gasteiger charge is 2.25. The summed E-state index contributed by atoms with van der Waals surface area (Å²) in [7, 11) is 3.83. The molecule has 2 aromatic heterocycles. The van der Waals surface area contributed by atoms with E-state index >= 15 is 0 Å². The van der Waals surface area contributed by atoms with Gasteiger partial charge in [-0.05, 0) is 27.6 Å². The lowest BCUT2D eigenvalue weighted by atomic mass is 10.1. The molecule has 4 aromatic rings. The Morgan fingerprint density at radius 3 is 2.44 bits per heavy atom. The van der Waals surface area contributed by atoms with Crippen LogP contribution in [0.4, 0.5) is 0 Å². The largest absolute Gasteiger partial charge is 0.339 e. The smallest absolute Gasteiger partial charge is 0.269 e. The summed E-state index contributed by atoms with van der Waals surface area (Å²) in [5.74, 6) is 0.627. The number of benzene rings is 2. The lowest BCUT2D eigenvalue weighted by molar-refractivity contribution is 0.0932. The van der Waals surface area contributed by atoms with Gasteiger partial charge in [0.05, 0.1) is 4.47 Å². The van der Waals surface area contributed by atoms with E-state index in [1.54, 1.807) is 6.20 Å². The molecule has 6 heteroatoms. The molecule has 0 saturated heterocycles. The maximum atomic E-state index is 13.2. The molecule has 2 heterocycles. The Balaban J connectivity index is 1.76. The lowest BCUT2D eigenvalue weighted by Gasteiger charge is -2.19. The maximum absolute atomic E-state index is 13.2. The number of halogens is 1. The fourth-order valence-corrected chi connectivity index (χ4v) is 4.18. The third-order valence-electron chi connectivity index (χ3n) is 4.79. The van der Waals surface area contributed by atoms with Crippen LogP contribution >= 0.6 is 15.9 Å². The predicted octanol–water partition coefficient (Wildman–Crippen LogP) is 4.19. The fourth-order valence-electron chi connectivity index (χ4n) is 3.40. The van der Waals surface area contributed by atoms with Crippen molar-refractivity contribution in [3.8, 4) is 0 Å². The molecule has 0 bridgehead atoms. The zero-order valence-corrected chi connectivity index (χ0v) is 16.6. The van der Waals surface area contributed by atoms with Crippen molar-refractivity contribution in [2.45, 2.75) is 6.04 Å². The van der Waals surface area contributed by atoms with Gasteiger partial charge in [-0.3, -0.25) is 4.79 Å². The van der Waals surface area contributed by atoms with Crippen molar-refractivity contribution in [3.05, 3.63) is 88.5 Å². The van der Waals surface area contributed by atoms with E-state index in [4.69, 9.17) is 0 Å². The molecule has 0 radical (unpaired) electrons. The van der Waals surface area contributed by atoms with Crippen LogP contribution in [0.5, 0.6) is 0 Å². The summed E-state index contributed by atoms with van der Waals surface area (Å²) in [5.41, 5.74) is 2.57. The topological polar surface area (TPSA) is 51.9 Å². The molecular formula is C21H19BrN4O. The second kappa shape index (κ2) is 7.04. The van der Waals surface area contributed by atoms with Crippen molar-refractivity contribution in [2.75, 3.05) is 0 Å². The Bertz CT molecular complexity index is 1070. The minimum Gasteiger partial charge on any atom is -0.339 e. The molecule has 0 fully saturated rings. The zero-order valence-electron chi connectivity index (χ0n) is 15.1. The Labute approximate surface area is 165 Å². The summed E-state index contributed by atoms with van der Waals surface area (Å²) in [5, 5.41) is 4.17. The summed E-state index contributed by atoms with van der Waals surface area (Å²) in [6.07, 6.45) is 3.62.